The Hall–Kier alpha value is -1.79. The molecule has 1 aromatic carbocycles. The van der Waals surface area contributed by atoms with Gasteiger partial charge >= 0.3 is 0 Å². The van der Waals surface area contributed by atoms with Crippen molar-refractivity contribution in [3.8, 4) is 5.75 Å². The summed E-state index contributed by atoms with van der Waals surface area (Å²) in [4.78, 5) is 12.0. The minimum Gasteiger partial charge on any atom is -0.481 e. The minimum absolute atomic E-state index is 0.269. The average Bonchev–Trinajstić information content (AvgIpc) is 2.80. The molecule has 1 heterocycles. The molecule has 0 radical (unpaired) electrons. The number of hydrogen-bond acceptors (Lipinski definition) is 4. The van der Waals surface area contributed by atoms with Gasteiger partial charge in [-0.1, -0.05) is 23.2 Å². The van der Waals surface area contributed by atoms with Crippen LogP contribution in [0.3, 0.4) is 0 Å². The molecule has 0 spiro atoms. The van der Waals surface area contributed by atoms with E-state index in [0.717, 1.165) is 0 Å². The molecule has 1 aromatic heterocycles. The number of rotatable bonds is 5. The van der Waals surface area contributed by atoms with Crippen LogP contribution < -0.4 is 10.1 Å². The van der Waals surface area contributed by atoms with E-state index >= 15 is 0 Å². The standard InChI is InChI=1S/C13H14Cl2N4O2/c1-8(21-11-4-9(14)3-10(15)5-11)13(20)16-6-12-18-17-7-19(12)2/h3-5,7-8H,6H2,1-2H3,(H,16,20). The molecule has 0 fully saturated rings. The molecule has 6 nitrogen and oxygen atoms in total. The number of nitrogens with zero attached hydrogens (tertiary/aromatic N) is 3. The van der Waals surface area contributed by atoms with E-state index in [1.165, 1.54) is 0 Å². The van der Waals surface area contributed by atoms with Crippen molar-refractivity contribution < 1.29 is 9.53 Å². The largest absolute Gasteiger partial charge is 0.481 e. The van der Waals surface area contributed by atoms with E-state index in [4.69, 9.17) is 27.9 Å². The van der Waals surface area contributed by atoms with Crippen molar-refractivity contribution in [1.82, 2.24) is 20.1 Å². The second kappa shape index (κ2) is 6.78. The summed E-state index contributed by atoms with van der Waals surface area (Å²) in [5.41, 5.74) is 0. The van der Waals surface area contributed by atoms with Crippen LogP contribution in [0, 0.1) is 0 Å². The number of carbonyl (C=O) groups is 1. The lowest BCUT2D eigenvalue weighted by Crippen LogP contribution is -2.36. The topological polar surface area (TPSA) is 69.0 Å². The van der Waals surface area contributed by atoms with Gasteiger partial charge in [-0.2, -0.15) is 0 Å². The Kier molecular flexibility index (Phi) is 5.03. The molecule has 1 amide bonds. The van der Waals surface area contributed by atoms with Crippen molar-refractivity contribution in [2.24, 2.45) is 7.05 Å². The third-order valence-corrected chi connectivity index (χ3v) is 3.18. The first kappa shape index (κ1) is 15.6. The van der Waals surface area contributed by atoms with Gasteiger partial charge in [-0.3, -0.25) is 4.79 Å². The number of benzene rings is 1. The van der Waals surface area contributed by atoms with Crippen LogP contribution in [-0.2, 0) is 18.4 Å². The molecule has 0 bridgehead atoms. The van der Waals surface area contributed by atoms with Crippen molar-refractivity contribution in [2.45, 2.75) is 19.6 Å². The Morgan fingerprint density at radius 3 is 2.62 bits per heavy atom. The van der Waals surface area contributed by atoms with Gasteiger partial charge < -0.3 is 14.6 Å². The molecule has 2 rings (SSSR count). The highest BCUT2D eigenvalue weighted by Crippen LogP contribution is 2.24. The normalized spacial score (nSPS) is 12.0. The lowest BCUT2D eigenvalue weighted by molar-refractivity contribution is -0.127. The first-order chi connectivity index (χ1) is 9.95. The highest BCUT2D eigenvalue weighted by atomic mass is 35.5. The maximum Gasteiger partial charge on any atom is 0.261 e. The smallest absolute Gasteiger partial charge is 0.261 e. The number of hydrogen-bond donors (Lipinski definition) is 1. The van der Waals surface area contributed by atoms with Crippen LogP contribution >= 0.6 is 23.2 Å². The summed E-state index contributed by atoms with van der Waals surface area (Å²) in [6.07, 6.45) is 0.878. The van der Waals surface area contributed by atoms with Gasteiger partial charge in [0.1, 0.15) is 12.1 Å². The maximum absolute atomic E-state index is 12.0. The summed E-state index contributed by atoms with van der Waals surface area (Å²) in [6, 6.07) is 4.79. The molecule has 0 saturated heterocycles. The second-order valence-corrected chi connectivity index (χ2v) is 5.31. The van der Waals surface area contributed by atoms with E-state index in [-0.39, 0.29) is 12.5 Å². The molecular weight excluding hydrogens is 315 g/mol. The van der Waals surface area contributed by atoms with Gasteiger partial charge in [0.2, 0.25) is 0 Å². The van der Waals surface area contributed by atoms with Gasteiger partial charge in [0.25, 0.3) is 5.91 Å². The van der Waals surface area contributed by atoms with Crippen molar-refractivity contribution in [2.75, 3.05) is 0 Å². The van der Waals surface area contributed by atoms with Gasteiger partial charge in [0, 0.05) is 17.1 Å². The first-order valence-electron chi connectivity index (χ1n) is 6.19. The molecule has 0 aliphatic rings. The fourth-order valence-electron chi connectivity index (χ4n) is 1.63. The summed E-state index contributed by atoms with van der Waals surface area (Å²) in [7, 11) is 1.80. The van der Waals surface area contributed by atoms with Gasteiger partial charge in [-0.25, -0.2) is 0 Å². The Labute approximate surface area is 132 Å². The summed E-state index contributed by atoms with van der Waals surface area (Å²) < 4.78 is 7.24. The fraction of sp³-hybridized carbons (Fsp3) is 0.308. The number of halogens is 2. The van der Waals surface area contributed by atoms with Crippen LogP contribution in [0.5, 0.6) is 5.75 Å². The molecule has 0 saturated carbocycles. The summed E-state index contributed by atoms with van der Waals surface area (Å²) >= 11 is 11.8. The molecule has 21 heavy (non-hydrogen) atoms. The zero-order chi connectivity index (χ0) is 15.4. The number of aryl methyl sites for hydroxylation is 1. The van der Waals surface area contributed by atoms with Gasteiger partial charge in [0.05, 0.1) is 6.54 Å². The number of amides is 1. The van der Waals surface area contributed by atoms with E-state index in [1.807, 2.05) is 0 Å². The molecule has 1 unspecified atom stereocenters. The Balaban J connectivity index is 1.91. The molecule has 0 aliphatic heterocycles. The predicted octanol–water partition coefficient (Wildman–Crippen LogP) is 2.21. The van der Waals surface area contributed by atoms with Crippen LogP contribution in [0.25, 0.3) is 0 Å². The summed E-state index contributed by atoms with van der Waals surface area (Å²) in [6.45, 7) is 1.92. The third kappa shape index (κ3) is 4.34. The van der Waals surface area contributed by atoms with Crippen molar-refractivity contribution in [1.29, 1.82) is 0 Å². The lowest BCUT2D eigenvalue weighted by atomic mass is 10.3. The van der Waals surface area contributed by atoms with Crippen LogP contribution in [0.2, 0.25) is 10.0 Å². The predicted molar refractivity (Wildman–Crippen MR) is 79.4 cm³/mol. The summed E-state index contributed by atoms with van der Waals surface area (Å²) in [5.74, 6) is 0.823. The lowest BCUT2D eigenvalue weighted by Gasteiger charge is -2.15. The van der Waals surface area contributed by atoms with E-state index < -0.39 is 6.10 Å². The zero-order valence-electron chi connectivity index (χ0n) is 11.5. The van der Waals surface area contributed by atoms with Crippen molar-refractivity contribution in [3.05, 3.63) is 40.4 Å². The number of aromatic nitrogens is 3. The van der Waals surface area contributed by atoms with Crippen molar-refractivity contribution in [3.63, 3.8) is 0 Å². The van der Waals surface area contributed by atoms with Gasteiger partial charge in [-0.15, -0.1) is 10.2 Å². The molecule has 0 aliphatic carbocycles. The fourth-order valence-corrected chi connectivity index (χ4v) is 2.14. The van der Waals surface area contributed by atoms with Crippen molar-refractivity contribution >= 4 is 29.1 Å². The molecule has 8 heteroatoms. The molecule has 2 aromatic rings. The van der Waals surface area contributed by atoms with E-state index in [9.17, 15) is 4.79 Å². The average molecular weight is 329 g/mol. The van der Waals surface area contributed by atoms with Crippen LogP contribution in [0.1, 0.15) is 12.7 Å². The summed E-state index contributed by atoms with van der Waals surface area (Å²) in [5, 5.41) is 11.2. The van der Waals surface area contributed by atoms with E-state index in [0.29, 0.717) is 21.6 Å². The zero-order valence-corrected chi connectivity index (χ0v) is 13.0. The van der Waals surface area contributed by atoms with Crippen LogP contribution in [-0.4, -0.2) is 26.8 Å². The third-order valence-electron chi connectivity index (χ3n) is 2.74. The number of ether oxygens (including phenoxy) is 1. The Bertz CT molecular complexity index is 625. The van der Waals surface area contributed by atoms with Crippen LogP contribution in [0.15, 0.2) is 24.5 Å². The quantitative estimate of drug-likeness (QED) is 0.913. The first-order valence-corrected chi connectivity index (χ1v) is 6.94. The Morgan fingerprint density at radius 1 is 1.38 bits per heavy atom. The van der Waals surface area contributed by atoms with Gasteiger partial charge in [0.15, 0.2) is 11.9 Å². The monoisotopic (exact) mass is 328 g/mol. The highest BCUT2D eigenvalue weighted by Gasteiger charge is 2.15. The molecule has 112 valence electrons. The molecule has 1 N–H and O–H groups in total. The Morgan fingerprint density at radius 2 is 2.05 bits per heavy atom. The number of carbonyl (C=O) groups excluding carboxylic acids is 1. The molecular formula is C13H14Cl2N4O2. The van der Waals surface area contributed by atoms with Gasteiger partial charge in [-0.05, 0) is 25.1 Å². The maximum atomic E-state index is 12.0. The second-order valence-electron chi connectivity index (χ2n) is 4.44. The van der Waals surface area contributed by atoms with E-state index in [1.54, 1.807) is 43.1 Å². The number of nitrogens with one attached hydrogen (secondary N) is 1. The highest BCUT2D eigenvalue weighted by molar-refractivity contribution is 6.34. The van der Waals surface area contributed by atoms with Crippen LogP contribution in [0.4, 0.5) is 0 Å². The minimum atomic E-state index is -0.687. The molecule has 1 atom stereocenters. The SMILES string of the molecule is CC(Oc1cc(Cl)cc(Cl)c1)C(=O)NCc1nncn1C. The van der Waals surface area contributed by atoms with E-state index in [2.05, 4.69) is 15.5 Å².